The summed E-state index contributed by atoms with van der Waals surface area (Å²) in [5.74, 6) is -2.34. The zero-order valence-corrected chi connectivity index (χ0v) is 18.7. The van der Waals surface area contributed by atoms with Gasteiger partial charge in [-0.3, -0.25) is 9.59 Å². The van der Waals surface area contributed by atoms with Crippen molar-refractivity contribution in [2.45, 2.75) is 34.7 Å². The predicted octanol–water partition coefficient (Wildman–Crippen LogP) is 3.74. The van der Waals surface area contributed by atoms with Gasteiger partial charge in [-0.2, -0.15) is 0 Å². The van der Waals surface area contributed by atoms with Crippen molar-refractivity contribution >= 4 is 33.2 Å². The third-order valence-corrected chi connectivity index (χ3v) is 7.09. The van der Waals surface area contributed by atoms with Crippen molar-refractivity contribution in [2.75, 3.05) is 11.1 Å². The maximum absolute atomic E-state index is 13.6. The summed E-state index contributed by atoms with van der Waals surface area (Å²) in [4.78, 5) is 30.1. The van der Waals surface area contributed by atoms with Crippen LogP contribution < -0.4 is 10.9 Å². The van der Waals surface area contributed by atoms with Gasteiger partial charge in [-0.15, -0.1) is 0 Å². The molecule has 0 saturated carbocycles. The molecule has 1 amide bonds. The lowest BCUT2D eigenvalue weighted by molar-refractivity contribution is -0.113. The Balaban J connectivity index is 1.70. The van der Waals surface area contributed by atoms with Crippen LogP contribution in [0.2, 0.25) is 0 Å². The largest absolute Gasteiger partial charge is 0.323 e. The number of aromatic amines is 1. The molecule has 0 aliphatic carbocycles. The lowest BCUT2D eigenvalue weighted by Crippen LogP contribution is -2.20. The number of sulfone groups is 1. The van der Waals surface area contributed by atoms with Crippen LogP contribution in [-0.2, 0) is 14.6 Å². The van der Waals surface area contributed by atoms with E-state index in [9.17, 15) is 26.8 Å². The van der Waals surface area contributed by atoms with Crippen molar-refractivity contribution in [1.29, 1.82) is 0 Å². The smallest absolute Gasteiger partial charge is 0.270 e. The number of nitrogens with one attached hydrogen (secondary N) is 2. The maximum Gasteiger partial charge on any atom is 0.270 e. The number of aromatic nitrogens is 2. The number of benzene rings is 2. The predicted molar refractivity (Wildman–Crippen MR) is 117 cm³/mol. The third kappa shape index (κ3) is 5.40. The molecule has 0 bridgehead atoms. The van der Waals surface area contributed by atoms with Crippen LogP contribution in [0.5, 0.6) is 0 Å². The van der Waals surface area contributed by atoms with E-state index in [1.54, 1.807) is 12.1 Å². The van der Waals surface area contributed by atoms with E-state index in [1.165, 1.54) is 12.1 Å². The van der Waals surface area contributed by atoms with E-state index in [0.29, 0.717) is 6.07 Å². The number of hydrogen-bond acceptors (Lipinski definition) is 6. The van der Waals surface area contributed by atoms with Gasteiger partial charge in [0, 0.05) is 6.07 Å². The number of amides is 1. The average Bonchev–Trinajstić information content (AvgIpc) is 2.74. The van der Waals surface area contributed by atoms with Crippen LogP contribution in [0.15, 0.2) is 68.4 Å². The fraction of sp³-hybridized carbons (Fsp3) is 0.190. The van der Waals surface area contributed by atoms with Gasteiger partial charge in [-0.25, -0.2) is 22.2 Å². The second-order valence-corrected chi connectivity index (χ2v) is 9.95. The number of halogens is 2. The number of carbonyl (C=O) groups excluding carboxylic acids is 1. The fourth-order valence-corrected chi connectivity index (χ4v) is 4.57. The molecule has 1 aromatic heterocycles. The molecule has 0 spiro atoms. The van der Waals surface area contributed by atoms with E-state index in [-0.39, 0.29) is 27.4 Å². The summed E-state index contributed by atoms with van der Waals surface area (Å²) < 4.78 is 52.1. The minimum absolute atomic E-state index is 0.0128. The van der Waals surface area contributed by atoms with Gasteiger partial charge in [0.1, 0.15) is 11.6 Å². The van der Waals surface area contributed by atoms with Crippen LogP contribution in [0.4, 0.5) is 14.5 Å². The number of hydrogen-bond donors (Lipinski definition) is 2. The lowest BCUT2D eigenvalue weighted by atomic mass is 10.0. The minimum atomic E-state index is -4.08. The molecule has 32 heavy (non-hydrogen) atoms. The average molecular weight is 480 g/mol. The molecule has 1 heterocycles. The Morgan fingerprint density at radius 2 is 1.84 bits per heavy atom. The number of H-pyrrole nitrogens is 1. The van der Waals surface area contributed by atoms with Gasteiger partial charge >= 0.3 is 0 Å². The normalized spacial score (nSPS) is 11.5. The maximum atomic E-state index is 13.6. The van der Waals surface area contributed by atoms with Crippen LogP contribution >= 0.6 is 11.8 Å². The summed E-state index contributed by atoms with van der Waals surface area (Å²) in [7, 11) is -4.08. The number of thioether (sulfide) groups is 1. The molecule has 168 valence electrons. The van der Waals surface area contributed by atoms with Crippen LogP contribution in [0.3, 0.4) is 0 Å². The first kappa shape index (κ1) is 23.6. The highest BCUT2D eigenvalue weighted by Crippen LogP contribution is 2.22. The Hall–Kier alpha value is -3.05. The van der Waals surface area contributed by atoms with Crippen LogP contribution in [0.25, 0.3) is 0 Å². The molecule has 3 aromatic rings. The van der Waals surface area contributed by atoms with Crippen molar-refractivity contribution < 1.29 is 22.0 Å². The molecule has 0 unspecified atom stereocenters. The van der Waals surface area contributed by atoms with Gasteiger partial charge in [0.25, 0.3) is 5.56 Å². The molecule has 11 heteroatoms. The van der Waals surface area contributed by atoms with E-state index in [4.69, 9.17) is 0 Å². The number of anilines is 1. The highest BCUT2D eigenvalue weighted by Gasteiger charge is 2.22. The molecule has 0 aliphatic rings. The Kier molecular flexibility index (Phi) is 7.09. The summed E-state index contributed by atoms with van der Waals surface area (Å²) in [6.45, 7) is 3.95. The molecule has 0 atom stereocenters. The van der Waals surface area contributed by atoms with E-state index in [1.807, 2.05) is 13.8 Å². The first-order chi connectivity index (χ1) is 15.1. The molecular formula is C21H19F2N3O4S2. The molecule has 3 rings (SSSR count). The van der Waals surface area contributed by atoms with Gasteiger partial charge in [-0.05, 0) is 35.7 Å². The SMILES string of the molecule is CC(C)c1ccc(S(=O)(=O)c2cnc(SCC(=O)Nc3ccc(F)cc3F)[nH]c2=O)cc1. The molecular weight excluding hydrogens is 460 g/mol. The Labute approximate surface area is 187 Å². The number of nitrogens with zero attached hydrogens (tertiary/aromatic N) is 1. The van der Waals surface area contributed by atoms with Gasteiger partial charge < -0.3 is 10.3 Å². The summed E-state index contributed by atoms with van der Waals surface area (Å²) in [5, 5.41) is 2.29. The van der Waals surface area contributed by atoms with E-state index in [2.05, 4.69) is 15.3 Å². The van der Waals surface area contributed by atoms with Gasteiger partial charge in [0.05, 0.1) is 22.5 Å². The Morgan fingerprint density at radius 1 is 1.16 bits per heavy atom. The molecule has 7 nitrogen and oxygen atoms in total. The van der Waals surface area contributed by atoms with Gasteiger partial charge in [0.15, 0.2) is 10.1 Å². The van der Waals surface area contributed by atoms with Crippen molar-refractivity contribution in [3.8, 4) is 0 Å². The van der Waals surface area contributed by atoms with Crippen molar-refractivity contribution in [3.05, 3.63) is 76.2 Å². The van der Waals surface area contributed by atoms with Gasteiger partial charge in [0.2, 0.25) is 15.7 Å². The zero-order valence-electron chi connectivity index (χ0n) is 17.1. The molecule has 0 saturated heterocycles. The quantitative estimate of drug-likeness (QED) is 0.395. The van der Waals surface area contributed by atoms with Crippen LogP contribution in [0, 0.1) is 11.6 Å². The monoisotopic (exact) mass is 479 g/mol. The molecule has 0 fully saturated rings. The summed E-state index contributed by atoms with van der Waals surface area (Å²) in [6.07, 6.45) is 0.935. The Morgan fingerprint density at radius 3 is 2.44 bits per heavy atom. The van der Waals surface area contributed by atoms with Crippen LogP contribution in [-0.4, -0.2) is 30.0 Å². The topological polar surface area (TPSA) is 109 Å². The van der Waals surface area contributed by atoms with E-state index >= 15 is 0 Å². The number of carbonyl (C=O) groups is 1. The van der Waals surface area contributed by atoms with Crippen LogP contribution in [0.1, 0.15) is 25.3 Å². The lowest BCUT2D eigenvalue weighted by Gasteiger charge is -2.08. The second kappa shape index (κ2) is 9.61. The fourth-order valence-electron chi connectivity index (χ4n) is 2.70. The van der Waals surface area contributed by atoms with Crippen molar-refractivity contribution in [2.24, 2.45) is 0 Å². The highest BCUT2D eigenvalue weighted by molar-refractivity contribution is 7.99. The summed E-state index contributed by atoms with van der Waals surface area (Å²) in [6, 6.07) is 8.97. The highest BCUT2D eigenvalue weighted by atomic mass is 32.2. The van der Waals surface area contributed by atoms with E-state index < -0.39 is 37.8 Å². The number of rotatable bonds is 7. The van der Waals surface area contributed by atoms with Crippen molar-refractivity contribution in [3.63, 3.8) is 0 Å². The standard InChI is InChI=1S/C21H19F2N3O4S2/c1-12(2)13-3-6-15(7-4-13)32(29,30)18-10-24-21(26-20(18)28)31-11-19(27)25-17-8-5-14(22)9-16(17)23/h3-10,12H,11H2,1-2H3,(H,25,27)(H,24,26,28). The molecule has 0 aliphatic heterocycles. The molecule has 2 aromatic carbocycles. The third-order valence-electron chi connectivity index (χ3n) is 4.44. The van der Waals surface area contributed by atoms with Crippen molar-refractivity contribution in [1.82, 2.24) is 9.97 Å². The van der Waals surface area contributed by atoms with Gasteiger partial charge in [-0.1, -0.05) is 37.7 Å². The summed E-state index contributed by atoms with van der Waals surface area (Å²) >= 11 is 0.821. The first-order valence-corrected chi connectivity index (χ1v) is 11.9. The molecule has 2 N–H and O–H groups in total. The first-order valence-electron chi connectivity index (χ1n) is 9.40. The minimum Gasteiger partial charge on any atom is -0.323 e. The zero-order chi connectivity index (χ0) is 23.5. The molecule has 0 radical (unpaired) electrons. The van der Waals surface area contributed by atoms with E-state index in [0.717, 1.165) is 35.7 Å². The second-order valence-electron chi connectivity index (χ2n) is 7.07. The summed E-state index contributed by atoms with van der Waals surface area (Å²) in [5.41, 5.74) is -0.106. The Bertz CT molecular complexity index is 1310.